The van der Waals surface area contributed by atoms with E-state index in [0.717, 1.165) is 0 Å². The van der Waals surface area contributed by atoms with Crippen molar-refractivity contribution in [1.82, 2.24) is 4.98 Å². The zero-order chi connectivity index (χ0) is 16.0. The molecule has 4 nitrogen and oxygen atoms in total. The SMILES string of the molecule is CCCN(CC(F)(F)F)c1ccc(N)c(OCC(C)C)n1. The predicted octanol–water partition coefficient (Wildman–Crippen LogP) is 3.48. The number of anilines is 2. The second-order valence-corrected chi connectivity index (χ2v) is 5.31. The molecular formula is C14H22F3N3O. The average molecular weight is 305 g/mol. The van der Waals surface area contributed by atoms with Gasteiger partial charge in [0.2, 0.25) is 5.88 Å². The van der Waals surface area contributed by atoms with E-state index in [0.29, 0.717) is 18.7 Å². The number of halogens is 3. The topological polar surface area (TPSA) is 51.4 Å². The summed E-state index contributed by atoms with van der Waals surface area (Å²) >= 11 is 0. The Bertz CT molecular complexity index is 450. The maximum Gasteiger partial charge on any atom is 0.405 e. The Hall–Kier alpha value is -1.66. The highest BCUT2D eigenvalue weighted by Gasteiger charge is 2.31. The molecule has 1 heterocycles. The van der Waals surface area contributed by atoms with E-state index in [9.17, 15) is 13.2 Å². The zero-order valence-electron chi connectivity index (χ0n) is 12.6. The molecule has 0 aromatic carbocycles. The molecule has 21 heavy (non-hydrogen) atoms. The maximum absolute atomic E-state index is 12.6. The molecule has 0 aliphatic carbocycles. The molecule has 1 rings (SSSR count). The van der Waals surface area contributed by atoms with Gasteiger partial charge in [0.15, 0.2) is 0 Å². The number of nitrogen functional groups attached to an aromatic ring is 1. The van der Waals surface area contributed by atoms with Crippen molar-refractivity contribution in [3.05, 3.63) is 12.1 Å². The van der Waals surface area contributed by atoms with E-state index < -0.39 is 12.7 Å². The van der Waals surface area contributed by atoms with E-state index in [4.69, 9.17) is 10.5 Å². The van der Waals surface area contributed by atoms with E-state index in [1.807, 2.05) is 20.8 Å². The molecule has 1 aromatic heterocycles. The van der Waals surface area contributed by atoms with Crippen LogP contribution in [0.2, 0.25) is 0 Å². The number of alkyl halides is 3. The van der Waals surface area contributed by atoms with Gasteiger partial charge in [-0.3, -0.25) is 0 Å². The summed E-state index contributed by atoms with van der Waals surface area (Å²) < 4.78 is 43.3. The van der Waals surface area contributed by atoms with Crippen LogP contribution >= 0.6 is 0 Å². The number of nitrogens with zero attached hydrogens (tertiary/aromatic N) is 2. The molecule has 0 fully saturated rings. The van der Waals surface area contributed by atoms with Crippen LogP contribution in [0, 0.1) is 5.92 Å². The first-order valence-corrected chi connectivity index (χ1v) is 6.94. The lowest BCUT2D eigenvalue weighted by Crippen LogP contribution is -2.35. The Balaban J connectivity index is 2.95. The lowest BCUT2D eigenvalue weighted by Gasteiger charge is -2.25. The molecule has 120 valence electrons. The lowest BCUT2D eigenvalue weighted by atomic mass is 10.2. The van der Waals surface area contributed by atoms with Gasteiger partial charge in [-0.1, -0.05) is 20.8 Å². The smallest absolute Gasteiger partial charge is 0.405 e. The van der Waals surface area contributed by atoms with Crippen LogP contribution < -0.4 is 15.4 Å². The van der Waals surface area contributed by atoms with Crippen molar-refractivity contribution >= 4 is 11.5 Å². The van der Waals surface area contributed by atoms with Gasteiger partial charge >= 0.3 is 6.18 Å². The maximum atomic E-state index is 12.6. The number of rotatable bonds is 7. The van der Waals surface area contributed by atoms with Crippen molar-refractivity contribution in [2.75, 3.05) is 30.3 Å². The molecule has 0 spiro atoms. The molecule has 0 saturated heterocycles. The van der Waals surface area contributed by atoms with Crippen molar-refractivity contribution in [3.63, 3.8) is 0 Å². The van der Waals surface area contributed by atoms with Gasteiger partial charge in [-0.2, -0.15) is 18.2 Å². The second-order valence-electron chi connectivity index (χ2n) is 5.31. The van der Waals surface area contributed by atoms with Crippen LogP contribution in [0.1, 0.15) is 27.2 Å². The molecule has 0 saturated carbocycles. The highest BCUT2D eigenvalue weighted by molar-refractivity contribution is 5.54. The van der Waals surface area contributed by atoms with Crippen LogP contribution in [0.5, 0.6) is 5.88 Å². The van der Waals surface area contributed by atoms with E-state index in [1.54, 1.807) is 0 Å². The van der Waals surface area contributed by atoms with Crippen LogP contribution in [0.15, 0.2) is 12.1 Å². The van der Waals surface area contributed by atoms with Gasteiger partial charge in [0, 0.05) is 6.54 Å². The molecule has 0 atom stereocenters. The molecule has 0 bridgehead atoms. The Labute approximate surface area is 123 Å². The van der Waals surface area contributed by atoms with E-state index in [2.05, 4.69) is 4.98 Å². The summed E-state index contributed by atoms with van der Waals surface area (Å²) in [5, 5.41) is 0. The van der Waals surface area contributed by atoms with Crippen LogP contribution in [0.3, 0.4) is 0 Å². The summed E-state index contributed by atoms with van der Waals surface area (Å²) in [5.74, 6) is 0.684. The van der Waals surface area contributed by atoms with Gasteiger partial charge in [0.25, 0.3) is 0 Å². The molecule has 2 N–H and O–H groups in total. The van der Waals surface area contributed by atoms with Crippen LogP contribution in [0.4, 0.5) is 24.7 Å². The van der Waals surface area contributed by atoms with Gasteiger partial charge < -0.3 is 15.4 Å². The van der Waals surface area contributed by atoms with Crippen LogP contribution in [0.25, 0.3) is 0 Å². The van der Waals surface area contributed by atoms with Gasteiger partial charge in [-0.05, 0) is 24.5 Å². The molecule has 7 heteroatoms. The van der Waals surface area contributed by atoms with Gasteiger partial charge in [0.05, 0.1) is 12.3 Å². The standard InChI is InChI=1S/C14H22F3N3O/c1-4-7-20(9-14(15,16)17)12-6-5-11(18)13(19-12)21-8-10(2)3/h5-6,10H,4,7-9,18H2,1-3H3. The van der Waals surface area contributed by atoms with Crippen molar-refractivity contribution in [2.45, 2.75) is 33.4 Å². The average Bonchev–Trinajstić information content (AvgIpc) is 2.35. The van der Waals surface area contributed by atoms with Crippen molar-refractivity contribution in [3.8, 4) is 5.88 Å². The number of ether oxygens (including phenoxy) is 1. The fourth-order valence-corrected chi connectivity index (χ4v) is 1.74. The highest BCUT2D eigenvalue weighted by atomic mass is 19.4. The quantitative estimate of drug-likeness (QED) is 0.838. The normalized spacial score (nSPS) is 11.8. The minimum absolute atomic E-state index is 0.185. The van der Waals surface area contributed by atoms with Crippen molar-refractivity contribution < 1.29 is 17.9 Å². The minimum atomic E-state index is -4.28. The van der Waals surface area contributed by atoms with Gasteiger partial charge in [-0.15, -0.1) is 0 Å². The molecule has 0 aliphatic heterocycles. The lowest BCUT2D eigenvalue weighted by molar-refractivity contribution is -0.119. The summed E-state index contributed by atoms with van der Waals surface area (Å²) in [6, 6.07) is 3.01. The van der Waals surface area contributed by atoms with Crippen molar-refractivity contribution in [2.24, 2.45) is 5.92 Å². The molecular weight excluding hydrogens is 283 g/mol. The highest BCUT2D eigenvalue weighted by Crippen LogP contribution is 2.26. The summed E-state index contributed by atoms with van der Waals surface area (Å²) in [7, 11) is 0. The molecule has 0 radical (unpaired) electrons. The van der Waals surface area contributed by atoms with Crippen LogP contribution in [-0.4, -0.2) is 30.9 Å². The molecule has 0 unspecified atom stereocenters. The fourth-order valence-electron chi connectivity index (χ4n) is 1.74. The number of hydrogen-bond donors (Lipinski definition) is 1. The Morgan fingerprint density at radius 3 is 2.52 bits per heavy atom. The molecule has 0 aliphatic rings. The Morgan fingerprint density at radius 2 is 2.00 bits per heavy atom. The first kappa shape index (κ1) is 17.4. The summed E-state index contributed by atoms with van der Waals surface area (Å²) in [6.45, 7) is 5.38. The van der Waals surface area contributed by atoms with E-state index >= 15 is 0 Å². The predicted molar refractivity (Wildman–Crippen MR) is 77.5 cm³/mol. The molecule has 0 amide bonds. The second kappa shape index (κ2) is 7.38. The Kier molecular flexibility index (Phi) is 6.11. The summed E-state index contributed by atoms with van der Waals surface area (Å²) in [4.78, 5) is 5.31. The third kappa shape index (κ3) is 6.10. The monoisotopic (exact) mass is 305 g/mol. The minimum Gasteiger partial charge on any atom is -0.476 e. The van der Waals surface area contributed by atoms with Crippen molar-refractivity contribution in [1.29, 1.82) is 0 Å². The number of hydrogen-bond acceptors (Lipinski definition) is 4. The Morgan fingerprint density at radius 1 is 1.33 bits per heavy atom. The third-order valence-electron chi connectivity index (χ3n) is 2.62. The zero-order valence-corrected chi connectivity index (χ0v) is 12.6. The largest absolute Gasteiger partial charge is 0.476 e. The van der Waals surface area contributed by atoms with E-state index in [-0.39, 0.29) is 24.2 Å². The first-order valence-electron chi connectivity index (χ1n) is 6.94. The summed E-state index contributed by atoms with van der Waals surface area (Å²) in [5.41, 5.74) is 6.07. The van der Waals surface area contributed by atoms with E-state index in [1.165, 1.54) is 17.0 Å². The molecule has 1 aromatic rings. The van der Waals surface area contributed by atoms with Gasteiger partial charge in [-0.25, -0.2) is 0 Å². The fraction of sp³-hybridized carbons (Fsp3) is 0.643. The third-order valence-corrected chi connectivity index (χ3v) is 2.62. The van der Waals surface area contributed by atoms with Crippen LogP contribution in [-0.2, 0) is 0 Å². The number of pyridine rings is 1. The summed E-state index contributed by atoms with van der Waals surface area (Å²) in [6.07, 6.45) is -3.69. The van der Waals surface area contributed by atoms with Gasteiger partial charge in [0.1, 0.15) is 12.4 Å². The first-order chi connectivity index (χ1) is 9.73. The number of aromatic nitrogens is 1. The number of nitrogens with two attached hydrogens (primary N) is 1.